The van der Waals surface area contributed by atoms with Gasteiger partial charge in [-0.2, -0.15) is 0 Å². The largest absolute Gasteiger partial charge is 0.357 e. The number of rotatable bonds is 6. The molecule has 14 heavy (non-hydrogen) atoms. The Hall–Kier alpha value is -1.57. The summed E-state index contributed by atoms with van der Waals surface area (Å²) in [7, 11) is 0. The summed E-state index contributed by atoms with van der Waals surface area (Å²) in [6.07, 6.45) is 6.73. The van der Waals surface area contributed by atoms with Gasteiger partial charge < -0.3 is 4.84 Å². The Bertz CT molecular complexity index is 280. The molecular weight excluding hydrogens is 174 g/mol. The van der Waals surface area contributed by atoms with Gasteiger partial charge in [0.15, 0.2) is 5.75 Å². The Kier molecular flexibility index (Phi) is 5.18. The molecule has 0 saturated heterocycles. The molecule has 0 heterocycles. The fourth-order valence-electron chi connectivity index (χ4n) is 0.986. The van der Waals surface area contributed by atoms with E-state index < -0.39 is 0 Å². The highest BCUT2D eigenvalue weighted by Crippen LogP contribution is 2.07. The predicted octanol–water partition coefficient (Wildman–Crippen LogP) is 3.41. The van der Waals surface area contributed by atoms with E-state index in [2.05, 4.69) is 11.7 Å². The van der Waals surface area contributed by atoms with Crippen molar-refractivity contribution in [1.29, 1.82) is 0 Å². The first kappa shape index (κ1) is 10.5. The summed E-state index contributed by atoms with van der Waals surface area (Å²) in [6, 6.07) is 9.54. The van der Waals surface area contributed by atoms with Crippen LogP contribution in [-0.4, -0.2) is 6.21 Å². The van der Waals surface area contributed by atoms with Crippen molar-refractivity contribution in [3.8, 4) is 5.75 Å². The molecule has 0 aromatic heterocycles. The number of nitrogens with zero attached hydrogens (tertiary/aromatic N) is 1. The molecule has 0 unspecified atom stereocenters. The lowest BCUT2D eigenvalue weighted by Crippen LogP contribution is -1.84. The highest BCUT2D eigenvalue weighted by Gasteiger charge is 1.86. The van der Waals surface area contributed by atoms with Gasteiger partial charge in [0.2, 0.25) is 0 Å². The van der Waals surface area contributed by atoms with E-state index in [1.54, 1.807) is 6.21 Å². The Morgan fingerprint density at radius 1 is 1.21 bits per heavy atom. The third-order valence-corrected chi connectivity index (χ3v) is 1.72. The molecule has 0 amide bonds. The summed E-state index contributed by atoms with van der Waals surface area (Å²) in [6.45, 7) is 3.65. The summed E-state index contributed by atoms with van der Waals surface area (Å²) >= 11 is 0. The molecule has 0 spiro atoms. The molecule has 1 aromatic rings. The fourth-order valence-corrected chi connectivity index (χ4v) is 0.986. The third-order valence-electron chi connectivity index (χ3n) is 1.72. The smallest absolute Gasteiger partial charge is 0.157 e. The minimum atomic E-state index is 0.771. The van der Waals surface area contributed by atoms with Gasteiger partial charge in [-0.15, -0.1) is 6.58 Å². The van der Waals surface area contributed by atoms with E-state index in [-0.39, 0.29) is 0 Å². The summed E-state index contributed by atoms with van der Waals surface area (Å²) in [5.41, 5.74) is 0. The van der Waals surface area contributed by atoms with Gasteiger partial charge in [0.05, 0.1) is 0 Å². The molecule has 1 aromatic carbocycles. The first-order chi connectivity index (χ1) is 6.93. The quantitative estimate of drug-likeness (QED) is 0.291. The van der Waals surface area contributed by atoms with Gasteiger partial charge in [-0.25, -0.2) is 0 Å². The molecule has 0 radical (unpaired) electrons. The van der Waals surface area contributed by atoms with Gasteiger partial charge in [-0.3, -0.25) is 0 Å². The summed E-state index contributed by atoms with van der Waals surface area (Å²) in [5, 5.41) is 3.85. The van der Waals surface area contributed by atoms with Gasteiger partial charge in [-0.1, -0.05) is 29.4 Å². The van der Waals surface area contributed by atoms with Crippen LogP contribution >= 0.6 is 0 Å². The highest BCUT2D eigenvalue weighted by molar-refractivity contribution is 5.56. The monoisotopic (exact) mass is 189 g/mol. The van der Waals surface area contributed by atoms with Crippen LogP contribution in [0.5, 0.6) is 5.75 Å². The van der Waals surface area contributed by atoms with Crippen LogP contribution in [-0.2, 0) is 0 Å². The molecule has 2 nitrogen and oxygen atoms in total. The zero-order valence-electron chi connectivity index (χ0n) is 8.23. The molecule has 0 fully saturated rings. The number of benzene rings is 1. The normalized spacial score (nSPS) is 10.3. The second-order valence-electron chi connectivity index (χ2n) is 2.91. The van der Waals surface area contributed by atoms with E-state index in [0.717, 1.165) is 25.0 Å². The SMILES string of the molecule is C=CCCC/C=N/Oc1ccccc1. The van der Waals surface area contributed by atoms with Crippen LogP contribution in [0.25, 0.3) is 0 Å². The van der Waals surface area contributed by atoms with E-state index in [4.69, 9.17) is 4.84 Å². The molecule has 0 aliphatic heterocycles. The lowest BCUT2D eigenvalue weighted by Gasteiger charge is -1.95. The highest BCUT2D eigenvalue weighted by atomic mass is 16.6. The van der Waals surface area contributed by atoms with Crippen LogP contribution in [0.3, 0.4) is 0 Å². The number of allylic oxidation sites excluding steroid dienone is 1. The zero-order chi connectivity index (χ0) is 10.1. The molecule has 0 N–H and O–H groups in total. The van der Waals surface area contributed by atoms with Crippen LogP contribution in [0.1, 0.15) is 19.3 Å². The molecular formula is C12H15NO. The minimum Gasteiger partial charge on any atom is -0.357 e. The maximum Gasteiger partial charge on any atom is 0.157 e. The van der Waals surface area contributed by atoms with Crippen molar-refractivity contribution in [2.75, 3.05) is 0 Å². The van der Waals surface area contributed by atoms with E-state index >= 15 is 0 Å². The molecule has 0 aliphatic rings. The van der Waals surface area contributed by atoms with Gasteiger partial charge in [-0.05, 0) is 31.4 Å². The van der Waals surface area contributed by atoms with Crippen molar-refractivity contribution in [1.82, 2.24) is 0 Å². The van der Waals surface area contributed by atoms with Crippen LogP contribution < -0.4 is 4.84 Å². The number of para-hydroxylation sites is 1. The van der Waals surface area contributed by atoms with Gasteiger partial charge in [0, 0.05) is 6.21 Å². The first-order valence-corrected chi connectivity index (χ1v) is 4.78. The first-order valence-electron chi connectivity index (χ1n) is 4.78. The third kappa shape index (κ3) is 4.45. The van der Waals surface area contributed by atoms with Crippen LogP contribution in [0.4, 0.5) is 0 Å². The predicted molar refractivity (Wildman–Crippen MR) is 59.6 cm³/mol. The number of hydrogen-bond donors (Lipinski definition) is 0. The summed E-state index contributed by atoms with van der Waals surface area (Å²) < 4.78 is 0. The van der Waals surface area contributed by atoms with Crippen molar-refractivity contribution in [2.45, 2.75) is 19.3 Å². The zero-order valence-corrected chi connectivity index (χ0v) is 8.23. The standard InChI is InChI=1S/C12H15NO/c1-2-3-4-8-11-13-14-12-9-6-5-7-10-12/h2,5-7,9-11H,1,3-4,8H2/b13-11+. The fraction of sp³-hybridized carbons (Fsp3) is 0.250. The van der Waals surface area contributed by atoms with Crippen molar-refractivity contribution in [3.63, 3.8) is 0 Å². The number of hydrogen-bond acceptors (Lipinski definition) is 2. The van der Waals surface area contributed by atoms with E-state index in [1.807, 2.05) is 36.4 Å². The van der Waals surface area contributed by atoms with Crippen LogP contribution in [0.2, 0.25) is 0 Å². The topological polar surface area (TPSA) is 21.6 Å². The van der Waals surface area contributed by atoms with Gasteiger partial charge in [0.25, 0.3) is 0 Å². The molecule has 0 bridgehead atoms. The average molecular weight is 189 g/mol. The molecule has 1 rings (SSSR count). The molecule has 0 atom stereocenters. The molecule has 2 heteroatoms. The summed E-state index contributed by atoms with van der Waals surface area (Å²) in [4.78, 5) is 5.13. The molecule has 0 aliphatic carbocycles. The Morgan fingerprint density at radius 3 is 2.71 bits per heavy atom. The number of oxime groups is 1. The van der Waals surface area contributed by atoms with Crippen LogP contribution in [0.15, 0.2) is 48.1 Å². The van der Waals surface area contributed by atoms with E-state index in [0.29, 0.717) is 0 Å². The van der Waals surface area contributed by atoms with Crippen molar-refractivity contribution in [2.24, 2.45) is 5.16 Å². The van der Waals surface area contributed by atoms with Crippen molar-refractivity contribution >= 4 is 6.21 Å². The minimum absolute atomic E-state index is 0.771. The number of unbranched alkanes of at least 4 members (excludes halogenated alkanes) is 2. The Morgan fingerprint density at radius 2 is 2.00 bits per heavy atom. The summed E-state index contributed by atoms with van der Waals surface area (Å²) in [5.74, 6) is 0.771. The second-order valence-corrected chi connectivity index (χ2v) is 2.91. The molecule has 74 valence electrons. The Labute approximate surface area is 84.9 Å². The maximum absolute atomic E-state index is 5.13. The average Bonchev–Trinajstić information content (AvgIpc) is 2.25. The van der Waals surface area contributed by atoms with Crippen molar-refractivity contribution in [3.05, 3.63) is 43.0 Å². The van der Waals surface area contributed by atoms with E-state index in [1.165, 1.54) is 0 Å². The lowest BCUT2D eigenvalue weighted by atomic mass is 10.2. The van der Waals surface area contributed by atoms with Crippen molar-refractivity contribution < 1.29 is 4.84 Å². The second kappa shape index (κ2) is 6.89. The van der Waals surface area contributed by atoms with E-state index in [9.17, 15) is 0 Å². The van der Waals surface area contributed by atoms with Crippen LogP contribution in [0, 0.1) is 0 Å². The van der Waals surface area contributed by atoms with Gasteiger partial charge in [0.1, 0.15) is 0 Å². The lowest BCUT2D eigenvalue weighted by molar-refractivity contribution is 0.342. The van der Waals surface area contributed by atoms with Gasteiger partial charge >= 0.3 is 0 Å². The maximum atomic E-state index is 5.13. The molecule has 0 saturated carbocycles. The Balaban J connectivity index is 2.17.